The molecule has 0 spiro atoms. The van der Waals surface area contributed by atoms with Crippen molar-refractivity contribution in [3.05, 3.63) is 46.0 Å². The molecule has 1 aromatic heterocycles. The van der Waals surface area contributed by atoms with Crippen LogP contribution in [-0.4, -0.2) is 21.4 Å². The van der Waals surface area contributed by atoms with Gasteiger partial charge >= 0.3 is 0 Å². The predicted molar refractivity (Wildman–Crippen MR) is 80.4 cm³/mol. The van der Waals surface area contributed by atoms with Crippen LogP contribution in [0.15, 0.2) is 33.3 Å². The van der Waals surface area contributed by atoms with Gasteiger partial charge in [-0.2, -0.15) is 4.98 Å². The molecule has 0 aliphatic carbocycles. The molecule has 0 bridgehead atoms. The van der Waals surface area contributed by atoms with Gasteiger partial charge in [-0.15, -0.1) is 0 Å². The molecule has 20 heavy (non-hydrogen) atoms. The van der Waals surface area contributed by atoms with Crippen molar-refractivity contribution in [2.75, 3.05) is 0 Å². The summed E-state index contributed by atoms with van der Waals surface area (Å²) in [6.07, 6.45) is 1.35. The first kappa shape index (κ1) is 15.2. The van der Waals surface area contributed by atoms with Gasteiger partial charge in [0.25, 0.3) is 0 Å². The Bertz CT molecular complexity index is 554. The van der Waals surface area contributed by atoms with Crippen LogP contribution in [0.3, 0.4) is 0 Å². The van der Waals surface area contributed by atoms with Crippen molar-refractivity contribution in [1.82, 2.24) is 10.1 Å². The van der Waals surface area contributed by atoms with Gasteiger partial charge in [-0.1, -0.05) is 53.1 Å². The fraction of sp³-hybridized carbons (Fsp3) is 0.467. The van der Waals surface area contributed by atoms with Crippen LogP contribution in [0, 0.1) is 5.92 Å². The number of hydrogen-bond acceptors (Lipinski definition) is 4. The maximum atomic E-state index is 9.88. The van der Waals surface area contributed by atoms with E-state index in [1.165, 1.54) is 0 Å². The summed E-state index contributed by atoms with van der Waals surface area (Å²) in [4.78, 5) is 4.34. The standard InChI is InChI=1S/C15H19BrN2O2/c1-10(2)7-12(19)9-15-17-14(18-20-15)8-11-5-3-4-6-13(11)16/h3-6,10,12,19H,7-9H2,1-2H3. The van der Waals surface area contributed by atoms with Crippen LogP contribution < -0.4 is 0 Å². The van der Waals surface area contributed by atoms with E-state index in [1.54, 1.807) is 0 Å². The first-order valence-corrected chi connectivity index (χ1v) is 7.57. The second-order valence-corrected chi connectivity index (χ2v) is 6.21. The largest absolute Gasteiger partial charge is 0.393 e. The maximum absolute atomic E-state index is 9.88. The van der Waals surface area contributed by atoms with Crippen molar-refractivity contribution < 1.29 is 9.63 Å². The Kier molecular flexibility index (Phi) is 5.31. The van der Waals surface area contributed by atoms with E-state index in [4.69, 9.17) is 4.52 Å². The third-order valence-electron chi connectivity index (χ3n) is 2.97. The molecule has 0 aliphatic heterocycles. The van der Waals surface area contributed by atoms with Gasteiger partial charge in [0.2, 0.25) is 5.89 Å². The van der Waals surface area contributed by atoms with Gasteiger partial charge in [0.15, 0.2) is 5.82 Å². The van der Waals surface area contributed by atoms with Gasteiger partial charge in [0.05, 0.1) is 12.5 Å². The van der Waals surface area contributed by atoms with E-state index in [-0.39, 0.29) is 0 Å². The van der Waals surface area contributed by atoms with Crippen molar-refractivity contribution >= 4 is 15.9 Å². The zero-order valence-corrected chi connectivity index (χ0v) is 13.3. The average Bonchev–Trinajstić information content (AvgIpc) is 2.78. The van der Waals surface area contributed by atoms with Crippen molar-refractivity contribution in [3.63, 3.8) is 0 Å². The van der Waals surface area contributed by atoms with E-state index >= 15 is 0 Å². The molecule has 0 saturated carbocycles. The third-order valence-corrected chi connectivity index (χ3v) is 3.74. The summed E-state index contributed by atoms with van der Waals surface area (Å²) in [6.45, 7) is 4.16. The first-order valence-electron chi connectivity index (χ1n) is 6.77. The summed E-state index contributed by atoms with van der Waals surface area (Å²) in [7, 11) is 0. The van der Waals surface area contributed by atoms with E-state index in [0.29, 0.717) is 30.5 Å². The molecule has 108 valence electrons. The molecule has 0 saturated heterocycles. The third kappa shape index (κ3) is 4.42. The maximum Gasteiger partial charge on any atom is 0.229 e. The summed E-state index contributed by atoms with van der Waals surface area (Å²) in [5.41, 5.74) is 1.11. The molecule has 0 radical (unpaired) electrons. The Morgan fingerprint density at radius 2 is 2.05 bits per heavy atom. The van der Waals surface area contributed by atoms with Crippen LogP contribution in [0.1, 0.15) is 37.5 Å². The van der Waals surface area contributed by atoms with Crippen LogP contribution in [0.5, 0.6) is 0 Å². The lowest BCUT2D eigenvalue weighted by Gasteiger charge is -2.09. The minimum Gasteiger partial charge on any atom is -0.393 e. The van der Waals surface area contributed by atoms with Gasteiger partial charge in [-0.25, -0.2) is 0 Å². The smallest absolute Gasteiger partial charge is 0.229 e. The number of hydrogen-bond donors (Lipinski definition) is 1. The molecule has 0 amide bonds. The molecule has 4 nitrogen and oxygen atoms in total. The highest BCUT2D eigenvalue weighted by atomic mass is 79.9. The molecule has 0 fully saturated rings. The predicted octanol–water partition coefficient (Wildman–Crippen LogP) is 3.37. The molecule has 1 aromatic carbocycles. The van der Waals surface area contributed by atoms with Crippen molar-refractivity contribution in [1.29, 1.82) is 0 Å². The van der Waals surface area contributed by atoms with Crippen LogP contribution in [0.4, 0.5) is 0 Å². The molecule has 1 unspecified atom stereocenters. The van der Waals surface area contributed by atoms with Gasteiger partial charge in [-0.3, -0.25) is 0 Å². The summed E-state index contributed by atoms with van der Waals surface area (Å²) >= 11 is 3.50. The molecule has 2 aromatic rings. The van der Waals surface area contributed by atoms with E-state index < -0.39 is 6.10 Å². The number of aromatic nitrogens is 2. The second-order valence-electron chi connectivity index (χ2n) is 5.36. The topological polar surface area (TPSA) is 59.2 Å². The molecule has 5 heteroatoms. The van der Waals surface area contributed by atoms with Crippen LogP contribution in [0.25, 0.3) is 0 Å². The van der Waals surface area contributed by atoms with Crippen molar-refractivity contribution in [2.24, 2.45) is 5.92 Å². The Hall–Kier alpha value is -1.20. The lowest BCUT2D eigenvalue weighted by Crippen LogP contribution is -2.13. The number of aliphatic hydroxyl groups excluding tert-OH is 1. The monoisotopic (exact) mass is 338 g/mol. The number of nitrogens with zero attached hydrogens (tertiary/aromatic N) is 2. The molecular formula is C15H19BrN2O2. The summed E-state index contributed by atoms with van der Waals surface area (Å²) in [6, 6.07) is 7.96. The van der Waals surface area contributed by atoms with Crippen LogP contribution >= 0.6 is 15.9 Å². The van der Waals surface area contributed by atoms with E-state index in [0.717, 1.165) is 16.5 Å². The summed E-state index contributed by atoms with van der Waals surface area (Å²) in [5.74, 6) is 1.59. The van der Waals surface area contributed by atoms with Gasteiger partial charge in [0.1, 0.15) is 0 Å². The minimum absolute atomic E-state index is 0.418. The highest BCUT2D eigenvalue weighted by Gasteiger charge is 2.14. The van der Waals surface area contributed by atoms with E-state index in [9.17, 15) is 5.11 Å². The molecule has 1 N–H and O–H groups in total. The highest BCUT2D eigenvalue weighted by molar-refractivity contribution is 9.10. The Balaban J connectivity index is 1.97. The summed E-state index contributed by atoms with van der Waals surface area (Å²) < 4.78 is 6.23. The fourth-order valence-corrected chi connectivity index (χ4v) is 2.51. The van der Waals surface area contributed by atoms with Crippen LogP contribution in [-0.2, 0) is 12.8 Å². The summed E-state index contributed by atoms with van der Waals surface area (Å²) in [5, 5.41) is 13.8. The normalized spacial score (nSPS) is 12.8. The molecule has 1 atom stereocenters. The fourth-order valence-electron chi connectivity index (χ4n) is 2.09. The van der Waals surface area contributed by atoms with Gasteiger partial charge in [0, 0.05) is 10.9 Å². The lowest BCUT2D eigenvalue weighted by atomic mass is 10.0. The molecule has 1 heterocycles. The van der Waals surface area contributed by atoms with Crippen molar-refractivity contribution in [3.8, 4) is 0 Å². The number of rotatable bonds is 6. The molecule has 0 aliphatic rings. The van der Waals surface area contributed by atoms with Crippen molar-refractivity contribution in [2.45, 2.75) is 39.2 Å². The first-order chi connectivity index (χ1) is 9.54. The minimum atomic E-state index is -0.424. The van der Waals surface area contributed by atoms with Gasteiger partial charge in [-0.05, 0) is 24.0 Å². The number of benzene rings is 1. The average molecular weight is 339 g/mol. The van der Waals surface area contributed by atoms with E-state index in [2.05, 4.69) is 39.9 Å². The lowest BCUT2D eigenvalue weighted by molar-refractivity contribution is 0.138. The Morgan fingerprint density at radius 3 is 2.75 bits per heavy atom. The number of halogens is 1. The number of aliphatic hydroxyl groups is 1. The SMILES string of the molecule is CC(C)CC(O)Cc1nc(Cc2ccccc2Br)no1. The second kappa shape index (κ2) is 6.99. The zero-order valence-electron chi connectivity index (χ0n) is 11.7. The Labute approximate surface area is 127 Å². The zero-order chi connectivity index (χ0) is 14.5. The highest BCUT2D eigenvalue weighted by Crippen LogP contribution is 2.18. The molecule has 2 rings (SSSR count). The molecular weight excluding hydrogens is 320 g/mol. The quantitative estimate of drug-likeness (QED) is 0.877. The van der Waals surface area contributed by atoms with E-state index in [1.807, 2.05) is 24.3 Å². The Morgan fingerprint density at radius 1 is 1.30 bits per heavy atom. The van der Waals surface area contributed by atoms with Crippen LogP contribution in [0.2, 0.25) is 0 Å². The van der Waals surface area contributed by atoms with Gasteiger partial charge < -0.3 is 9.63 Å².